The van der Waals surface area contributed by atoms with Crippen LogP contribution in [-0.4, -0.2) is 19.9 Å². The molecular weight excluding hydrogens is 865 g/mol. The van der Waals surface area contributed by atoms with Gasteiger partial charge in [-0.25, -0.2) is 15.0 Å². The SMILES string of the molecule is c1ccc(-c2nc(-c3ccc4c(n3)-c3ncccc3C43c4ccccc4Oc4c3ccc3c4Sc4ccccc4N3c3cccc(N(c4ccccc4)c4ccccc4)c3)nc3ccccc23)cc1. The molecule has 0 saturated heterocycles. The van der Waals surface area contributed by atoms with Crippen molar-refractivity contribution in [3.05, 3.63) is 253 Å². The fraction of sp³-hybridized carbons (Fsp3) is 0.0164. The van der Waals surface area contributed by atoms with Crippen molar-refractivity contribution in [3.8, 4) is 45.7 Å². The monoisotopic (exact) mass is 902 g/mol. The van der Waals surface area contributed by atoms with Crippen molar-refractivity contribution in [1.82, 2.24) is 19.9 Å². The molecule has 3 aliphatic rings. The highest BCUT2D eigenvalue weighted by Gasteiger charge is 2.53. The molecule has 3 aromatic heterocycles. The summed E-state index contributed by atoms with van der Waals surface area (Å²) in [5.74, 6) is 2.18. The molecule has 8 aromatic carbocycles. The second-order valence-electron chi connectivity index (χ2n) is 17.3. The molecule has 0 amide bonds. The van der Waals surface area contributed by atoms with Crippen molar-refractivity contribution in [3.63, 3.8) is 0 Å². The van der Waals surface area contributed by atoms with Gasteiger partial charge in [-0.15, -0.1) is 0 Å². The summed E-state index contributed by atoms with van der Waals surface area (Å²) < 4.78 is 7.24. The van der Waals surface area contributed by atoms with E-state index in [1.165, 1.54) is 0 Å². The van der Waals surface area contributed by atoms with Crippen molar-refractivity contribution in [1.29, 1.82) is 0 Å². The van der Waals surface area contributed by atoms with Crippen LogP contribution in [0.3, 0.4) is 0 Å². The summed E-state index contributed by atoms with van der Waals surface area (Å²) >= 11 is 1.75. The quantitative estimate of drug-likeness (QED) is 0.163. The normalized spacial score (nSPS) is 14.8. The van der Waals surface area contributed by atoms with E-state index in [1.54, 1.807) is 11.8 Å². The highest BCUT2D eigenvalue weighted by Crippen LogP contribution is 2.65. The molecule has 7 nitrogen and oxygen atoms in total. The van der Waals surface area contributed by atoms with Crippen LogP contribution >= 0.6 is 11.8 Å². The summed E-state index contributed by atoms with van der Waals surface area (Å²) in [5.41, 5.74) is 14.8. The maximum absolute atomic E-state index is 7.24. The molecule has 14 rings (SSSR count). The van der Waals surface area contributed by atoms with Gasteiger partial charge in [0.1, 0.15) is 17.2 Å². The number of fused-ring (bicyclic) bond motifs is 13. The number of ether oxygens (including phenoxy) is 1. The van der Waals surface area contributed by atoms with Gasteiger partial charge < -0.3 is 14.5 Å². The van der Waals surface area contributed by atoms with Crippen molar-refractivity contribution in [2.75, 3.05) is 9.80 Å². The van der Waals surface area contributed by atoms with Crippen LogP contribution in [0.25, 0.3) is 45.1 Å². The van der Waals surface area contributed by atoms with E-state index in [4.69, 9.17) is 24.7 Å². The molecule has 5 heterocycles. The first-order chi connectivity index (χ1) is 34.2. The number of hydrogen-bond donors (Lipinski definition) is 0. The number of anilines is 6. The van der Waals surface area contributed by atoms with Crippen LogP contribution in [0.15, 0.2) is 240 Å². The minimum atomic E-state index is -0.794. The smallest absolute Gasteiger partial charge is 0.179 e. The predicted molar refractivity (Wildman–Crippen MR) is 277 cm³/mol. The van der Waals surface area contributed by atoms with Gasteiger partial charge in [-0.1, -0.05) is 151 Å². The number of pyridine rings is 2. The summed E-state index contributed by atoms with van der Waals surface area (Å²) in [6, 6.07) is 78.6. The van der Waals surface area contributed by atoms with Crippen molar-refractivity contribution in [2.24, 2.45) is 0 Å². The Hall–Kier alpha value is -8.85. The Morgan fingerprint density at radius 2 is 1.16 bits per heavy atom. The lowest BCUT2D eigenvalue weighted by Crippen LogP contribution is -2.33. The summed E-state index contributed by atoms with van der Waals surface area (Å²) in [6.07, 6.45) is 1.87. The van der Waals surface area contributed by atoms with E-state index in [2.05, 4.69) is 192 Å². The third kappa shape index (κ3) is 6.02. The van der Waals surface area contributed by atoms with E-state index in [9.17, 15) is 0 Å². The van der Waals surface area contributed by atoms with Crippen LogP contribution in [0, 0.1) is 0 Å². The van der Waals surface area contributed by atoms with Gasteiger partial charge in [0.15, 0.2) is 5.82 Å². The molecule has 0 fully saturated rings. The van der Waals surface area contributed by atoms with Crippen molar-refractivity contribution >= 4 is 56.8 Å². The van der Waals surface area contributed by atoms with Crippen LogP contribution in [0.5, 0.6) is 11.5 Å². The zero-order valence-electron chi connectivity index (χ0n) is 36.9. The fourth-order valence-corrected chi connectivity index (χ4v) is 11.8. The van der Waals surface area contributed by atoms with Gasteiger partial charge in [0.05, 0.1) is 44.3 Å². The van der Waals surface area contributed by atoms with Gasteiger partial charge in [0, 0.05) is 55.9 Å². The number of para-hydroxylation sites is 5. The molecule has 1 atom stereocenters. The number of nitrogens with zero attached hydrogens (tertiary/aromatic N) is 6. The predicted octanol–water partition coefficient (Wildman–Crippen LogP) is 15.6. The number of aromatic nitrogens is 4. The molecule has 1 aliphatic carbocycles. The zero-order chi connectivity index (χ0) is 45.5. The van der Waals surface area contributed by atoms with Gasteiger partial charge in [-0.05, 0) is 96.1 Å². The maximum atomic E-state index is 7.24. The maximum Gasteiger partial charge on any atom is 0.179 e. The topological polar surface area (TPSA) is 67.3 Å². The summed E-state index contributed by atoms with van der Waals surface area (Å²) in [4.78, 5) is 27.8. The average Bonchev–Trinajstić information content (AvgIpc) is 3.70. The molecule has 1 unspecified atom stereocenters. The molecular formula is C61H38N6OS. The minimum absolute atomic E-state index is 0.561. The van der Waals surface area contributed by atoms with Gasteiger partial charge in [0.25, 0.3) is 0 Å². The van der Waals surface area contributed by atoms with Gasteiger partial charge in [-0.2, -0.15) is 0 Å². The first-order valence-corrected chi connectivity index (χ1v) is 23.9. The van der Waals surface area contributed by atoms with E-state index in [-0.39, 0.29) is 0 Å². The number of rotatable bonds is 6. The Balaban J connectivity index is 0.961. The molecule has 0 N–H and O–H groups in total. The first kappa shape index (κ1) is 39.3. The third-order valence-electron chi connectivity index (χ3n) is 13.5. The first-order valence-electron chi connectivity index (χ1n) is 23.0. The molecule has 1 spiro atoms. The second kappa shape index (κ2) is 15.6. The van der Waals surface area contributed by atoms with Crippen molar-refractivity contribution in [2.45, 2.75) is 15.2 Å². The Labute approximate surface area is 403 Å². The zero-order valence-corrected chi connectivity index (χ0v) is 37.8. The number of hydrogen-bond acceptors (Lipinski definition) is 8. The fourth-order valence-electron chi connectivity index (χ4n) is 10.7. The highest BCUT2D eigenvalue weighted by molar-refractivity contribution is 7.99. The lowest BCUT2D eigenvalue weighted by Gasteiger charge is -2.41. The molecule has 0 radical (unpaired) electrons. The van der Waals surface area contributed by atoms with Gasteiger partial charge in [0.2, 0.25) is 0 Å². The summed E-state index contributed by atoms with van der Waals surface area (Å²) in [6.45, 7) is 0. The van der Waals surface area contributed by atoms with Gasteiger partial charge in [-0.3, -0.25) is 4.98 Å². The molecule has 0 bridgehead atoms. The molecule has 11 aromatic rings. The van der Waals surface area contributed by atoms with Gasteiger partial charge >= 0.3 is 0 Å². The van der Waals surface area contributed by atoms with E-state index in [1.807, 2.05) is 48.7 Å². The average molecular weight is 903 g/mol. The molecule has 8 heteroatoms. The lowest BCUT2D eigenvalue weighted by molar-refractivity contribution is 0.426. The Bertz CT molecular complexity index is 3790. The van der Waals surface area contributed by atoms with Crippen LogP contribution in [0.2, 0.25) is 0 Å². The Morgan fingerprint density at radius 3 is 2.00 bits per heavy atom. The standard InChI is InChI=1S/C61H38N6OS/c1-4-18-39(19-5-1)55-44-26-10-12-29-49(44)64-60(65-55)50-35-33-47-57(63-50)56-46(28-17-37-62-56)61(47)45-27-11-14-31-53(45)68-58-48(61)34-36-52-59(58)69-54-32-15-13-30-51(54)67(52)43-25-16-24-42(38-43)66(40-20-6-2-7-21-40)41-22-8-3-9-23-41/h1-38H. The summed E-state index contributed by atoms with van der Waals surface area (Å²) in [7, 11) is 0. The van der Waals surface area contributed by atoms with Crippen LogP contribution in [0.1, 0.15) is 22.3 Å². The largest absolute Gasteiger partial charge is 0.455 e. The molecule has 0 saturated carbocycles. The Kier molecular flexibility index (Phi) is 8.90. The molecule has 2 aliphatic heterocycles. The molecule has 69 heavy (non-hydrogen) atoms. The number of benzene rings is 8. The second-order valence-corrected chi connectivity index (χ2v) is 18.4. The highest BCUT2D eigenvalue weighted by atomic mass is 32.2. The van der Waals surface area contributed by atoms with E-state index >= 15 is 0 Å². The van der Waals surface area contributed by atoms with Crippen molar-refractivity contribution < 1.29 is 4.74 Å². The summed E-state index contributed by atoms with van der Waals surface area (Å²) in [5, 5.41) is 0.992. The van der Waals surface area contributed by atoms with Crippen LogP contribution in [0.4, 0.5) is 34.1 Å². The van der Waals surface area contributed by atoms with Crippen LogP contribution in [-0.2, 0) is 5.41 Å². The van der Waals surface area contributed by atoms with E-state index in [0.717, 1.165) is 111 Å². The molecule has 324 valence electrons. The van der Waals surface area contributed by atoms with E-state index in [0.29, 0.717) is 11.5 Å². The minimum Gasteiger partial charge on any atom is -0.455 e. The van der Waals surface area contributed by atoms with E-state index < -0.39 is 5.41 Å². The lowest BCUT2D eigenvalue weighted by atomic mass is 9.66. The third-order valence-corrected chi connectivity index (χ3v) is 14.7. The van der Waals surface area contributed by atoms with Crippen LogP contribution < -0.4 is 14.5 Å². The Morgan fingerprint density at radius 1 is 0.478 bits per heavy atom.